The van der Waals surface area contributed by atoms with E-state index in [0.29, 0.717) is 44.2 Å². The fourth-order valence-corrected chi connectivity index (χ4v) is 6.63. The Balaban J connectivity index is 1.53. The number of benzene rings is 1. The number of amides is 1. The van der Waals surface area contributed by atoms with Crippen molar-refractivity contribution >= 4 is 29.0 Å². The molecule has 5 rings (SSSR count). The van der Waals surface area contributed by atoms with E-state index in [4.69, 9.17) is 32.9 Å². The lowest BCUT2D eigenvalue weighted by atomic mass is 9.96. The second kappa shape index (κ2) is 12.4. The zero-order chi connectivity index (χ0) is 31.8. The number of nitrogens with zero attached hydrogens (tertiary/aromatic N) is 7. The predicted octanol–water partition coefficient (Wildman–Crippen LogP) is 4.94. The first kappa shape index (κ1) is 31.9. The van der Waals surface area contributed by atoms with Crippen molar-refractivity contribution < 1.29 is 22.7 Å². The number of halogens is 4. The van der Waals surface area contributed by atoms with E-state index in [1.54, 1.807) is 9.80 Å². The molecule has 2 atom stereocenters. The van der Waals surface area contributed by atoms with E-state index >= 15 is 0 Å². The van der Waals surface area contributed by atoms with Crippen molar-refractivity contribution in [1.29, 1.82) is 0 Å². The Labute approximate surface area is 261 Å². The average Bonchev–Trinajstić information content (AvgIpc) is 3.73. The Morgan fingerprint density at radius 3 is 2.68 bits per heavy atom. The number of anilines is 2. The summed E-state index contributed by atoms with van der Waals surface area (Å²) >= 11 is 6.42. The first-order valence-electron chi connectivity index (χ1n) is 14.7. The maximum Gasteiger partial charge on any atom is 0.418 e. The number of ether oxygens (including phenoxy) is 1. The second-order valence-corrected chi connectivity index (χ2v) is 12.7. The minimum Gasteiger partial charge on any atom is -0.463 e. The molecule has 0 bridgehead atoms. The van der Waals surface area contributed by atoms with Crippen LogP contribution in [0.25, 0.3) is 4.85 Å². The van der Waals surface area contributed by atoms with Crippen LogP contribution in [0.5, 0.6) is 6.01 Å². The van der Waals surface area contributed by atoms with Gasteiger partial charge in [-0.2, -0.15) is 23.1 Å². The van der Waals surface area contributed by atoms with E-state index in [0.717, 1.165) is 31.0 Å². The third kappa shape index (κ3) is 6.59. The monoisotopic (exact) mass is 631 g/mol. The van der Waals surface area contributed by atoms with Gasteiger partial charge < -0.3 is 29.2 Å². The number of hydrogen-bond donors (Lipinski definition) is 0. The fourth-order valence-electron chi connectivity index (χ4n) is 6.35. The van der Waals surface area contributed by atoms with E-state index in [9.17, 15) is 18.0 Å². The molecule has 1 aromatic carbocycles. The molecule has 1 saturated carbocycles. The molecule has 236 valence electrons. The Kier molecular flexibility index (Phi) is 9.01. The third-order valence-corrected chi connectivity index (χ3v) is 8.94. The first-order chi connectivity index (χ1) is 20.9. The Hall–Kier alpha value is -3.56. The summed E-state index contributed by atoms with van der Waals surface area (Å²) in [6.07, 6.45) is -0.905. The molecule has 13 heteroatoms. The first-order valence-corrected chi connectivity index (χ1v) is 15.0. The molecule has 3 aliphatic rings. The van der Waals surface area contributed by atoms with Gasteiger partial charge in [-0.1, -0.05) is 24.2 Å². The minimum absolute atomic E-state index is 0.0139. The molecule has 1 saturated heterocycles. The molecule has 2 aromatic rings. The number of rotatable bonds is 9. The van der Waals surface area contributed by atoms with Crippen molar-refractivity contribution in [3.05, 3.63) is 64.1 Å². The van der Waals surface area contributed by atoms with Crippen LogP contribution in [0, 0.1) is 12.0 Å². The van der Waals surface area contributed by atoms with Crippen LogP contribution < -0.4 is 14.5 Å². The standard InChI is InChI=1S/C31H37ClF3N7O2/c1-6-26(43)41-13-12-40(16-21(41)15-36-3)28-22-14-20(2)42(27-23(31(33,34)35)8-7-9-24(27)32)17-25(22)37-29(38-28)44-19-30(10-11-30)18-39(4)5/h6-9,20-21H,1,10-19H2,2,4-5H3/t20-,21+/m1/s1. The van der Waals surface area contributed by atoms with Crippen LogP contribution in [-0.2, 0) is 23.9 Å². The van der Waals surface area contributed by atoms with Crippen LogP contribution in [0.2, 0.25) is 5.02 Å². The molecule has 1 aromatic heterocycles. The van der Waals surface area contributed by atoms with Gasteiger partial charge in [0.25, 0.3) is 0 Å². The topological polar surface area (TPSA) is 69.4 Å². The van der Waals surface area contributed by atoms with E-state index in [2.05, 4.69) is 16.3 Å². The van der Waals surface area contributed by atoms with Crippen molar-refractivity contribution in [2.45, 2.75) is 51.0 Å². The normalized spacial score (nSPS) is 21.1. The molecule has 0 spiro atoms. The number of piperazine rings is 1. The summed E-state index contributed by atoms with van der Waals surface area (Å²) < 4.78 is 48.5. The van der Waals surface area contributed by atoms with E-state index < -0.39 is 11.7 Å². The molecule has 44 heavy (non-hydrogen) atoms. The third-order valence-electron chi connectivity index (χ3n) is 8.64. The highest BCUT2D eigenvalue weighted by Gasteiger charge is 2.45. The number of carbonyl (C=O) groups is 1. The molecule has 9 nitrogen and oxygen atoms in total. The van der Waals surface area contributed by atoms with Crippen molar-refractivity contribution in [3.8, 4) is 6.01 Å². The summed E-state index contributed by atoms with van der Waals surface area (Å²) in [6, 6.07) is 3.27. The van der Waals surface area contributed by atoms with Gasteiger partial charge in [0.15, 0.2) is 0 Å². The molecular weight excluding hydrogens is 595 g/mol. The van der Waals surface area contributed by atoms with Crippen molar-refractivity contribution in [3.63, 3.8) is 0 Å². The van der Waals surface area contributed by atoms with Gasteiger partial charge in [-0.3, -0.25) is 4.79 Å². The number of fused-ring (bicyclic) bond motifs is 1. The summed E-state index contributed by atoms with van der Waals surface area (Å²) in [7, 11) is 4.03. The molecular formula is C31H37ClF3N7O2. The van der Waals surface area contributed by atoms with Crippen molar-refractivity contribution in [1.82, 2.24) is 19.8 Å². The highest BCUT2D eigenvalue weighted by molar-refractivity contribution is 6.33. The Morgan fingerprint density at radius 1 is 1.30 bits per heavy atom. The summed E-state index contributed by atoms with van der Waals surface area (Å²) in [5, 5.41) is 0.0187. The van der Waals surface area contributed by atoms with Crippen molar-refractivity contribution in [2.24, 2.45) is 5.41 Å². The maximum atomic E-state index is 14.1. The Morgan fingerprint density at radius 2 is 2.05 bits per heavy atom. The van der Waals surface area contributed by atoms with Crippen LogP contribution in [-0.4, -0.2) is 91.2 Å². The van der Waals surface area contributed by atoms with Gasteiger partial charge in [0.2, 0.25) is 12.5 Å². The second-order valence-electron chi connectivity index (χ2n) is 12.3. The molecule has 0 unspecified atom stereocenters. The molecule has 0 N–H and O–H groups in total. The minimum atomic E-state index is -4.59. The average molecular weight is 632 g/mol. The lowest BCUT2D eigenvalue weighted by molar-refractivity contribution is -0.137. The van der Waals surface area contributed by atoms with Gasteiger partial charge >= 0.3 is 12.2 Å². The largest absolute Gasteiger partial charge is 0.463 e. The highest BCUT2D eigenvalue weighted by Crippen LogP contribution is 2.47. The van der Waals surface area contributed by atoms with Gasteiger partial charge in [0.1, 0.15) is 11.9 Å². The lowest BCUT2D eigenvalue weighted by Gasteiger charge is -2.42. The number of aromatic nitrogens is 2. The van der Waals surface area contributed by atoms with Gasteiger partial charge in [-0.15, -0.1) is 0 Å². The highest BCUT2D eigenvalue weighted by atomic mass is 35.5. The van der Waals surface area contributed by atoms with E-state index in [-0.39, 0.29) is 53.2 Å². The molecule has 2 aliphatic heterocycles. The quantitative estimate of drug-likeness (QED) is 0.287. The zero-order valence-electron chi connectivity index (χ0n) is 25.2. The molecule has 3 heterocycles. The van der Waals surface area contributed by atoms with Gasteiger partial charge in [0.05, 0.1) is 35.1 Å². The summed E-state index contributed by atoms with van der Waals surface area (Å²) in [5.74, 6) is 0.400. The summed E-state index contributed by atoms with van der Waals surface area (Å²) in [6.45, 7) is 15.6. The van der Waals surface area contributed by atoms with Crippen LogP contribution >= 0.6 is 11.6 Å². The summed E-state index contributed by atoms with van der Waals surface area (Å²) in [4.78, 5) is 33.2. The van der Waals surface area contributed by atoms with Crippen molar-refractivity contribution in [2.75, 3.05) is 63.2 Å². The molecule has 0 radical (unpaired) electrons. The smallest absolute Gasteiger partial charge is 0.418 e. The maximum absolute atomic E-state index is 14.1. The SMILES string of the molecule is [C-]#[N+]C[C@H]1CN(c2nc(OCC3(CN(C)C)CC3)nc3c2C[C@@H](C)N(c2c(Cl)cccc2C(F)(F)F)C3)CCN1C(=O)C=C. The fraction of sp³-hybridized carbons (Fsp3) is 0.548. The van der Waals surface area contributed by atoms with Crippen LogP contribution in [0.4, 0.5) is 24.7 Å². The van der Waals surface area contributed by atoms with Gasteiger partial charge in [0, 0.05) is 43.2 Å². The number of carbonyl (C=O) groups excluding carboxylic acids is 1. The van der Waals surface area contributed by atoms with Crippen LogP contribution in [0.3, 0.4) is 0 Å². The number of alkyl halides is 3. The van der Waals surface area contributed by atoms with Gasteiger partial charge in [-0.05, 0) is 58.5 Å². The number of para-hydroxylation sites is 1. The summed E-state index contributed by atoms with van der Waals surface area (Å²) in [5.41, 5.74) is 0.538. The number of hydrogen-bond acceptors (Lipinski definition) is 7. The van der Waals surface area contributed by atoms with E-state index in [1.165, 1.54) is 18.2 Å². The van der Waals surface area contributed by atoms with E-state index in [1.807, 2.05) is 25.9 Å². The molecule has 1 amide bonds. The molecule has 1 aliphatic carbocycles. The molecule has 2 fully saturated rings. The van der Waals surface area contributed by atoms with Crippen LogP contribution in [0.1, 0.15) is 36.6 Å². The zero-order valence-corrected chi connectivity index (χ0v) is 26.0. The Bertz CT molecular complexity index is 1460. The van der Waals surface area contributed by atoms with Crippen LogP contribution in [0.15, 0.2) is 30.9 Å². The lowest BCUT2D eigenvalue weighted by Crippen LogP contribution is -2.56. The predicted molar refractivity (Wildman–Crippen MR) is 163 cm³/mol. The van der Waals surface area contributed by atoms with Gasteiger partial charge in [-0.25, -0.2) is 6.57 Å².